The first-order valence-corrected chi connectivity index (χ1v) is 8.20. The minimum atomic E-state index is -0.250. The van der Waals surface area contributed by atoms with E-state index in [0.29, 0.717) is 6.54 Å². The summed E-state index contributed by atoms with van der Waals surface area (Å²) < 4.78 is 5.48. The lowest BCUT2D eigenvalue weighted by molar-refractivity contribution is -0.122. The standard InChI is InChI=1S/C18H19NO2.CH2O2/c20-17-16-8-2-1-6-14(16)12-18(9-3-4-10-18)19(17)13-15-7-5-11-21-15;2-1-3/h1-2,5-8,11H,3-4,9-10,12-13H2;1H,(H,2,3). The molecule has 1 fully saturated rings. The fourth-order valence-electron chi connectivity index (χ4n) is 3.97. The van der Waals surface area contributed by atoms with Crippen molar-refractivity contribution in [1.29, 1.82) is 0 Å². The molecule has 1 aromatic heterocycles. The van der Waals surface area contributed by atoms with Gasteiger partial charge in [0.1, 0.15) is 5.76 Å². The van der Waals surface area contributed by atoms with E-state index in [1.165, 1.54) is 18.4 Å². The molecule has 2 heterocycles. The number of furan rings is 1. The number of carboxylic acid groups (broad SMARTS) is 1. The molecule has 1 amide bonds. The molecule has 24 heavy (non-hydrogen) atoms. The summed E-state index contributed by atoms with van der Waals surface area (Å²) in [5.74, 6) is 1.03. The first-order valence-electron chi connectivity index (χ1n) is 8.20. The van der Waals surface area contributed by atoms with Gasteiger partial charge in [-0.3, -0.25) is 9.59 Å². The van der Waals surface area contributed by atoms with Gasteiger partial charge in [0.2, 0.25) is 0 Å². The van der Waals surface area contributed by atoms with Crippen LogP contribution in [-0.4, -0.2) is 27.9 Å². The Labute approximate surface area is 140 Å². The van der Waals surface area contributed by atoms with Gasteiger partial charge < -0.3 is 14.4 Å². The Kier molecular flexibility index (Phi) is 4.69. The van der Waals surface area contributed by atoms with Crippen LogP contribution in [-0.2, 0) is 17.8 Å². The molecule has 126 valence electrons. The number of hydrogen-bond acceptors (Lipinski definition) is 3. The van der Waals surface area contributed by atoms with Gasteiger partial charge in [0.15, 0.2) is 0 Å². The summed E-state index contributed by atoms with van der Waals surface area (Å²) in [6, 6.07) is 11.9. The zero-order valence-electron chi connectivity index (χ0n) is 13.5. The van der Waals surface area contributed by atoms with E-state index in [4.69, 9.17) is 14.3 Å². The van der Waals surface area contributed by atoms with E-state index < -0.39 is 0 Å². The van der Waals surface area contributed by atoms with Crippen molar-refractivity contribution in [1.82, 2.24) is 4.90 Å². The van der Waals surface area contributed by atoms with Crippen LogP contribution in [0.2, 0.25) is 0 Å². The molecule has 0 saturated heterocycles. The van der Waals surface area contributed by atoms with Crippen LogP contribution in [0.5, 0.6) is 0 Å². The Balaban J connectivity index is 0.000000526. The Bertz CT molecular complexity index is 702. The minimum Gasteiger partial charge on any atom is -0.483 e. The van der Waals surface area contributed by atoms with Crippen LogP contribution in [0, 0.1) is 0 Å². The molecule has 5 nitrogen and oxygen atoms in total. The zero-order chi connectivity index (χ0) is 17.0. The molecule has 1 N–H and O–H groups in total. The second-order valence-electron chi connectivity index (χ2n) is 6.34. The van der Waals surface area contributed by atoms with Gasteiger partial charge in [-0.15, -0.1) is 0 Å². The second-order valence-corrected chi connectivity index (χ2v) is 6.34. The predicted octanol–water partition coefficient (Wildman–Crippen LogP) is 3.49. The summed E-state index contributed by atoms with van der Waals surface area (Å²) in [5.41, 5.74) is 2.07. The van der Waals surface area contributed by atoms with Gasteiger partial charge >= 0.3 is 0 Å². The summed E-state index contributed by atoms with van der Waals surface area (Å²) >= 11 is 0. The molecular weight excluding hydrogens is 306 g/mol. The molecule has 1 aliphatic heterocycles. The van der Waals surface area contributed by atoms with Crippen molar-refractivity contribution < 1.29 is 19.1 Å². The Morgan fingerprint density at radius 1 is 1.17 bits per heavy atom. The molecule has 1 saturated carbocycles. The summed E-state index contributed by atoms with van der Waals surface area (Å²) in [6.45, 7) is 0.333. The molecule has 2 aliphatic rings. The number of carbonyl (C=O) groups is 2. The first kappa shape index (κ1) is 16.3. The number of hydrogen-bond donors (Lipinski definition) is 1. The highest BCUT2D eigenvalue weighted by atomic mass is 16.3. The van der Waals surface area contributed by atoms with Crippen molar-refractivity contribution in [2.75, 3.05) is 0 Å². The lowest BCUT2D eigenvalue weighted by Crippen LogP contribution is -2.54. The van der Waals surface area contributed by atoms with Crippen molar-refractivity contribution in [3.05, 3.63) is 59.5 Å². The number of carbonyl (C=O) groups excluding carboxylic acids is 1. The van der Waals surface area contributed by atoms with Crippen molar-refractivity contribution in [3.63, 3.8) is 0 Å². The fraction of sp³-hybridized carbons (Fsp3) is 0.368. The zero-order valence-corrected chi connectivity index (χ0v) is 13.5. The molecule has 1 aliphatic carbocycles. The van der Waals surface area contributed by atoms with Gasteiger partial charge in [0.05, 0.1) is 12.8 Å². The van der Waals surface area contributed by atoms with E-state index >= 15 is 0 Å². The monoisotopic (exact) mass is 327 g/mol. The van der Waals surface area contributed by atoms with Gasteiger partial charge in [0, 0.05) is 11.1 Å². The van der Waals surface area contributed by atoms with Gasteiger partial charge in [0.25, 0.3) is 12.4 Å². The lowest BCUT2D eigenvalue weighted by atomic mass is 9.81. The van der Waals surface area contributed by atoms with Crippen molar-refractivity contribution in [2.24, 2.45) is 0 Å². The van der Waals surface area contributed by atoms with Crippen molar-refractivity contribution in [3.8, 4) is 0 Å². The second kappa shape index (κ2) is 6.91. The maximum absolute atomic E-state index is 13.0. The normalized spacial score (nSPS) is 18.0. The van der Waals surface area contributed by atoms with Crippen LogP contribution in [0.3, 0.4) is 0 Å². The highest BCUT2D eigenvalue weighted by molar-refractivity contribution is 5.97. The fourth-order valence-corrected chi connectivity index (χ4v) is 3.97. The highest BCUT2D eigenvalue weighted by Crippen LogP contribution is 2.43. The van der Waals surface area contributed by atoms with Gasteiger partial charge in [-0.25, -0.2) is 0 Å². The van der Waals surface area contributed by atoms with Crippen LogP contribution < -0.4 is 0 Å². The third kappa shape index (κ3) is 2.94. The molecule has 4 rings (SSSR count). The smallest absolute Gasteiger partial charge is 0.290 e. The number of nitrogens with zero attached hydrogens (tertiary/aromatic N) is 1. The topological polar surface area (TPSA) is 70.8 Å². The summed E-state index contributed by atoms with van der Waals surface area (Å²) in [4.78, 5) is 23.4. The van der Waals surface area contributed by atoms with E-state index in [9.17, 15) is 4.79 Å². The Hall–Kier alpha value is -2.56. The number of amides is 1. The van der Waals surface area contributed by atoms with Gasteiger partial charge in [-0.05, 0) is 43.0 Å². The largest absolute Gasteiger partial charge is 0.483 e. The number of fused-ring (bicyclic) bond motifs is 1. The molecule has 0 atom stereocenters. The van der Waals surface area contributed by atoms with Crippen LogP contribution in [0.1, 0.15) is 47.4 Å². The highest BCUT2D eigenvalue weighted by Gasteiger charge is 2.46. The van der Waals surface area contributed by atoms with Gasteiger partial charge in [-0.1, -0.05) is 31.0 Å². The molecule has 1 spiro atoms. The molecule has 0 unspecified atom stereocenters. The van der Waals surface area contributed by atoms with Crippen molar-refractivity contribution >= 4 is 12.4 Å². The van der Waals surface area contributed by atoms with Crippen LogP contribution >= 0.6 is 0 Å². The van der Waals surface area contributed by atoms with Crippen LogP contribution in [0.4, 0.5) is 0 Å². The van der Waals surface area contributed by atoms with Crippen LogP contribution in [0.25, 0.3) is 0 Å². The quantitative estimate of drug-likeness (QED) is 0.857. The molecule has 0 bridgehead atoms. The number of benzene rings is 1. The lowest BCUT2D eigenvalue weighted by Gasteiger charge is -2.45. The number of rotatable bonds is 2. The third-order valence-corrected chi connectivity index (χ3v) is 5.01. The first-order chi connectivity index (χ1) is 11.7. The van der Waals surface area contributed by atoms with E-state index in [2.05, 4.69) is 11.0 Å². The average Bonchev–Trinajstić information content (AvgIpc) is 3.25. The maximum Gasteiger partial charge on any atom is 0.290 e. The molecule has 2 aromatic rings. The maximum atomic E-state index is 13.0. The van der Waals surface area contributed by atoms with Crippen molar-refractivity contribution in [2.45, 2.75) is 44.2 Å². The molecule has 5 heteroatoms. The summed E-state index contributed by atoms with van der Waals surface area (Å²) in [5, 5.41) is 6.89. The van der Waals surface area contributed by atoms with E-state index in [0.717, 1.165) is 30.6 Å². The average molecular weight is 327 g/mol. The minimum absolute atomic E-state index is 0.00176. The SMILES string of the molecule is O=C1c2ccccc2CC2(CCCC2)N1Cc1ccco1.O=CO. The van der Waals surface area contributed by atoms with Gasteiger partial charge in [-0.2, -0.15) is 0 Å². The van der Waals surface area contributed by atoms with E-state index in [-0.39, 0.29) is 17.9 Å². The Morgan fingerprint density at radius 2 is 1.88 bits per heavy atom. The van der Waals surface area contributed by atoms with E-state index in [1.54, 1.807) is 6.26 Å². The summed E-state index contributed by atoms with van der Waals surface area (Å²) in [6.07, 6.45) is 7.30. The third-order valence-electron chi connectivity index (χ3n) is 5.01. The van der Waals surface area contributed by atoms with Crippen LogP contribution in [0.15, 0.2) is 47.1 Å². The molecular formula is C19H21NO4. The molecule has 0 radical (unpaired) electrons. The Morgan fingerprint density at radius 3 is 2.54 bits per heavy atom. The summed E-state index contributed by atoms with van der Waals surface area (Å²) in [7, 11) is 0. The molecule has 1 aromatic carbocycles. The predicted molar refractivity (Wildman–Crippen MR) is 88.6 cm³/mol. The van der Waals surface area contributed by atoms with E-state index in [1.807, 2.05) is 30.3 Å².